The monoisotopic (exact) mass is 296 g/mol. The Morgan fingerprint density at radius 3 is 2.70 bits per heavy atom. The molecule has 1 aromatic rings. The van der Waals surface area contributed by atoms with Gasteiger partial charge in [-0.15, -0.1) is 0 Å². The van der Waals surface area contributed by atoms with Gasteiger partial charge >= 0.3 is 0 Å². The Hall–Kier alpha value is -1.46. The fourth-order valence-electron chi connectivity index (χ4n) is 2.86. The topological polar surface area (TPSA) is 65.1 Å². The number of halogens is 1. The van der Waals surface area contributed by atoms with Crippen molar-refractivity contribution in [2.45, 2.75) is 13.0 Å². The van der Waals surface area contributed by atoms with Gasteiger partial charge < -0.3 is 20.7 Å². The molecule has 2 rings (SSSR count). The molecular weight excluding hydrogens is 276 g/mol. The average Bonchev–Trinajstić information content (AvgIpc) is 2.80. The first-order valence-electron chi connectivity index (χ1n) is 6.63. The third-order valence-electron chi connectivity index (χ3n) is 3.92. The molecule has 2 atom stereocenters. The molecule has 3 N–H and O–H groups in total. The fourth-order valence-corrected chi connectivity index (χ4v) is 3.02. The third kappa shape index (κ3) is 2.83. The lowest BCUT2D eigenvalue weighted by Gasteiger charge is -2.24. The summed E-state index contributed by atoms with van der Waals surface area (Å²) in [6.07, 6.45) is 0. The van der Waals surface area contributed by atoms with Crippen molar-refractivity contribution < 1.29 is 5.21 Å². The molecule has 20 heavy (non-hydrogen) atoms. The van der Waals surface area contributed by atoms with E-state index in [2.05, 4.69) is 36.0 Å². The van der Waals surface area contributed by atoms with E-state index in [0.29, 0.717) is 22.5 Å². The molecule has 0 aliphatic carbocycles. The lowest BCUT2D eigenvalue weighted by atomic mass is 10.1. The number of amidine groups is 1. The summed E-state index contributed by atoms with van der Waals surface area (Å²) >= 11 is 6.10. The fraction of sp³-hybridized carbons (Fsp3) is 0.500. The maximum Gasteiger partial charge on any atom is 0.172 e. The molecule has 0 bridgehead atoms. The summed E-state index contributed by atoms with van der Waals surface area (Å²) in [4.78, 5) is 4.48. The largest absolute Gasteiger partial charge is 0.409 e. The van der Waals surface area contributed by atoms with Crippen LogP contribution in [0.15, 0.2) is 23.4 Å². The number of nitrogens with zero attached hydrogens (tertiary/aromatic N) is 3. The van der Waals surface area contributed by atoms with Crippen LogP contribution in [0.1, 0.15) is 12.5 Å². The summed E-state index contributed by atoms with van der Waals surface area (Å²) in [6.45, 7) is 4.06. The van der Waals surface area contributed by atoms with Gasteiger partial charge in [-0.25, -0.2) is 0 Å². The van der Waals surface area contributed by atoms with Crippen molar-refractivity contribution >= 4 is 23.1 Å². The minimum absolute atomic E-state index is 0.109. The number of hydrogen-bond donors (Lipinski definition) is 2. The predicted octanol–water partition coefficient (Wildman–Crippen LogP) is 1.82. The van der Waals surface area contributed by atoms with E-state index in [1.54, 1.807) is 12.1 Å². The van der Waals surface area contributed by atoms with Crippen LogP contribution >= 0.6 is 11.6 Å². The van der Waals surface area contributed by atoms with Gasteiger partial charge in [0.05, 0.1) is 0 Å². The number of nitrogens with two attached hydrogens (primary N) is 1. The zero-order chi connectivity index (χ0) is 14.9. The standard InChI is InChI=1S/C14H21ClN4O/c1-9-7-19(8-13(9)18(2)3)12-6-10(15)4-5-11(12)14(16)17-20/h4-6,9,13,20H,7-8H2,1-3H3,(H2,16,17). The number of anilines is 1. The van der Waals surface area contributed by atoms with Gasteiger partial charge in [-0.05, 0) is 38.2 Å². The highest BCUT2D eigenvalue weighted by molar-refractivity contribution is 6.31. The molecule has 1 fully saturated rings. The summed E-state index contributed by atoms with van der Waals surface area (Å²) in [5.74, 6) is 0.654. The highest BCUT2D eigenvalue weighted by Gasteiger charge is 2.32. The normalized spacial score (nSPS) is 23.6. The molecule has 5 nitrogen and oxygen atoms in total. The molecular formula is C14H21ClN4O. The number of benzene rings is 1. The lowest BCUT2D eigenvalue weighted by molar-refractivity contribution is 0.266. The molecule has 1 aliphatic heterocycles. The van der Waals surface area contributed by atoms with Gasteiger partial charge in [-0.1, -0.05) is 23.7 Å². The Balaban J connectivity index is 2.36. The molecule has 1 aromatic carbocycles. The molecule has 6 heteroatoms. The van der Waals surface area contributed by atoms with Crippen molar-refractivity contribution in [1.29, 1.82) is 0 Å². The van der Waals surface area contributed by atoms with E-state index in [4.69, 9.17) is 22.5 Å². The molecule has 1 aliphatic rings. The van der Waals surface area contributed by atoms with Gasteiger partial charge in [0.25, 0.3) is 0 Å². The highest BCUT2D eigenvalue weighted by Crippen LogP contribution is 2.31. The van der Waals surface area contributed by atoms with E-state index in [1.165, 1.54) is 0 Å². The SMILES string of the molecule is CC1CN(c2cc(Cl)ccc2/C(N)=N/O)CC1N(C)C. The van der Waals surface area contributed by atoms with Crippen LogP contribution in [0.5, 0.6) is 0 Å². The van der Waals surface area contributed by atoms with Crippen LogP contribution in [-0.4, -0.2) is 49.2 Å². The molecule has 2 unspecified atom stereocenters. The van der Waals surface area contributed by atoms with Crippen molar-refractivity contribution in [3.63, 3.8) is 0 Å². The minimum Gasteiger partial charge on any atom is -0.409 e. The maximum atomic E-state index is 8.92. The Morgan fingerprint density at radius 2 is 2.15 bits per heavy atom. The van der Waals surface area contributed by atoms with Crippen molar-refractivity contribution in [1.82, 2.24) is 4.90 Å². The Kier molecular flexibility index (Phi) is 4.40. The van der Waals surface area contributed by atoms with E-state index in [9.17, 15) is 0 Å². The smallest absolute Gasteiger partial charge is 0.172 e. The van der Waals surface area contributed by atoms with Gasteiger partial charge in [0.2, 0.25) is 0 Å². The van der Waals surface area contributed by atoms with Crippen LogP contribution in [0.25, 0.3) is 0 Å². The van der Waals surface area contributed by atoms with E-state index < -0.39 is 0 Å². The van der Waals surface area contributed by atoms with Gasteiger partial charge in [0, 0.05) is 35.4 Å². The van der Waals surface area contributed by atoms with Gasteiger partial charge in [-0.2, -0.15) is 0 Å². The van der Waals surface area contributed by atoms with E-state index in [0.717, 1.165) is 18.8 Å². The van der Waals surface area contributed by atoms with Crippen molar-refractivity contribution in [3.8, 4) is 0 Å². The van der Waals surface area contributed by atoms with Crippen molar-refractivity contribution in [2.75, 3.05) is 32.1 Å². The second kappa shape index (κ2) is 5.89. The first-order valence-corrected chi connectivity index (χ1v) is 7.00. The van der Waals surface area contributed by atoms with E-state index >= 15 is 0 Å². The molecule has 0 saturated carbocycles. The summed E-state index contributed by atoms with van der Waals surface area (Å²) in [7, 11) is 4.18. The number of oxime groups is 1. The Bertz CT molecular complexity index is 518. The first-order chi connectivity index (χ1) is 9.43. The number of likely N-dealkylation sites (N-methyl/N-ethyl adjacent to an activating group) is 1. The van der Waals surface area contributed by atoms with Crippen molar-refractivity contribution in [3.05, 3.63) is 28.8 Å². The zero-order valence-electron chi connectivity index (χ0n) is 12.0. The van der Waals surface area contributed by atoms with Crippen molar-refractivity contribution in [2.24, 2.45) is 16.8 Å². The third-order valence-corrected chi connectivity index (χ3v) is 4.16. The molecule has 0 amide bonds. The maximum absolute atomic E-state index is 8.92. The molecule has 1 heterocycles. The van der Waals surface area contributed by atoms with Gasteiger partial charge in [0.1, 0.15) is 0 Å². The summed E-state index contributed by atoms with van der Waals surface area (Å²) in [5, 5.41) is 12.7. The molecule has 110 valence electrons. The molecule has 0 spiro atoms. The second-order valence-electron chi connectivity index (χ2n) is 5.56. The highest BCUT2D eigenvalue weighted by atomic mass is 35.5. The van der Waals surface area contributed by atoms with Crippen LogP contribution in [-0.2, 0) is 0 Å². The molecule has 0 radical (unpaired) electrons. The van der Waals surface area contributed by atoms with E-state index in [-0.39, 0.29) is 5.84 Å². The zero-order valence-corrected chi connectivity index (χ0v) is 12.8. The number of rotatable bonds is 3. The van der Waals surface area contributed by atoms with Crippen LogP contribution in [0.3, 0.4) is 0 Å². The molecule has 0 aromatic heterocycles. The summed E-state index contributed by atoms with van der Waals surface area (Å²) < 4.78 is 0. The lowest BCUT2D eigenvalue weighted by Crippen LogP contribution is -2.34. The quantitative estimate of drug-likeness (QED) is 0.386. The van der Waals surface area contributed by atoms with Gasteiger partial charge in [0.15, 0.2) is 5.84 Å². The summed E-state index contributed by atoms with van der Waals surface area (Å²) in [6, 6.07) is 5.90. The first kappa shape index (κ1) is 14.9. The van der Waals surface area contributed by atoms with Crippen LogP contribution < -0.4 is 10.6 Å². The van der Waals surface area contributed by atoms with E-state index in [1.807, 2.05) is 6.07 Å². The minimum atomic E-state index is 0.109. The van der Waals surface area contributed by atoms with Crippen LogP contribution in [0.2, 0.25) is 5.02 Å². The summed E-state index contributed by atoms with van der Waals surface area (Å²) in [5.41, 5.74) is 7.39. The average molecular weight is 297 g/mol. The Labute approximate surface area is 124 Å². The molecule has 1 saturated heterocycles. The predicted molar refractivity (Wildman–Crippen MR) is 82.8 cm³/mol. The Morgan fingerprint density at radius 1 is 1.45 bits per heavy atom. The van der Waals surface area contributed by atoms with Crippen LogP contribution in [0, 0.1) is 5.92 Å². The number of hydrogen-bond acceptors (Lipinski definition) is 4. The van der Waals surface area contributed by atoms with Gasteiger partial charge in [-0.3, -0.25) is 0 Å². The van der Waals surface area contributed by atoms with Crippen LogP contribution in [0.4, 0.5) is 5.69 Å². The second-order valence-corrected chi connectivity index (χ2v) is 6.00.